The molecule has 0 aromatic carbocycles. The van der Waals surface area contributed by atoms with Gasteiger partial charge in [0.15, 0.2) is 5.78 Å². The van der Waals surface area contributed by atoms with Gasteiger partial charge in [0.25, 0.3) is 0 Å². The third-order valence-corrected chi connectivity index (χ3v) is 4.93. The molecule has 7 heteroatoms. The van der Waals surface area contributed by atoms with E-state index in [4.69, 9.17) is 4.74 Å². The fraction of sp³-hybridized carbons (Fsp3) is 0.368. The van der Waals surface area contributed by atoms with E-state index in [1.807, 2.05) is 19.9 Å². The fourth-order valence-corrected chi connectivity index (χ4v) is 3.76. The van der Waals surface area contributed by atoms with Crippen molar-refractivity contribution in [1.29, 1.82) is 5.26 Å². The lowest BCUT2D eigenvalue weighted by Gasteiger charge is -2.07. The van der Waals surface area contributed by atoms with Crippen molar-refractivity contribution in [2.24, 2.45) is 0 Å². The molecule has 0 atom stereocenters. The summed E-state index contributed by atoms with van der Waals surface area (Å²) in [4.78, 5) is 32.1. The zero-order valence-corrected chi connectivity index (χ0v) is 16.3. The molecule has 136 valence electrons. The molecule has 0 unspecified atom stereocenters. The van der Waals surface area contributed by atoms with E-state index < -0.39 is 5.97 Å². The highest BCUT2D eigenvalue weighted by Crippen LogP contribution is 2.26. The van der Waals surface area contributed by atoms with Crippen LogP contribution in [0.1, 0.15) is 55.8 Å². The fourth-order valence-electron chi connectivity index (χ4n) is 2.79. The Balaban J connectivity index is 2.24. The topological polar surface area (TPSA) is 95.8 Å². The number of Topliss-reactive ketones (excluding diaryl/α,β-unsaturated/α-hetero) is 1. The van der Waals surface area contributed by atoms with Crippen LogP contribution in [-0.4, -0.2) is 34.1 Å². The minimum Gasteiger partial charge on any atom is -0.462 e. The van der Waals surface area contributed by atoms with Crippen molar-refractivity contribution in [1.82, 2.24) is 9.97 Å². The average Bonchev–Trinajstić information content (AvgIpc) is 2.87. The van der Waals surface area contributed by atoms with Gasteiger partial charge in [0.2, 0.25) is 0 Å². The molecule has 0 aliphatic heterocycles. The Kier molecular flexibility index (Phi) is 6.22. The van der Waals surface area contributed by atoms with E-state index in [1.165, 1.54) is 11.8 Å². The van der Waals surface area contributed by atoms with Crippen molar-refractivity contribution in [2.75, 3.05) is 12.4 Å². The van der Waals surface area contributed by atoms with Crippen LogP contribution in [0.25, 0.3) is 0 Å². The van der Waals surface area contributed by atoms with Crippen LogP contribution in [0, 0.1) is 39.0 Å². The monoisotopic (exact) mass is 371 g/mol. The van der Waals surface area contributed by atoms with Crippen molar-refractivity contribution >= 4 is 23.5 Å². The standard InChI is InChI=1S/C19H21N3O3S/c1-6-25-19(24)16-12(4)17(22-13(16)5)15(23)9-26-18-14(8-20)10(2)7-11(3)21-18/h7,22H,6,9H2,1-5H3. The molecule has 0 aliphatic rings. The highest BCUT2D eigenvalue weighted by molar-refractivity contribution is 8.00. The van der Waals surface area contributed by atoms with E-state index in [0.717, 1.165) is 11.3 Å². The number of aryl methyl sites for hydroxylation is 3. The number of carbonyl (C=O) groups excluding carboxylic acids is 2. The lowest BCUT2D eigenvalue weighted by molar-refractivity contribution is 0.0525. The molecule has 0 spiro atoms. The van der Waals surface area contributed by atoms with Crippen molar-refractivity contribution in [3.8, 4) is 6.07 Å². The highest BCUT2D eigenvalue weighted by atomic mass is 32.2. The molecule has 6 nitrogen and oxygen atoms in total. The number of thioether (sulfide) groups is 1. The predicted molar refractivity (Wildman–Crippen MR) is 99.7 cm³/mol. The summed E-state index contributed by atoms with van der Waals surface area (Å²) in [5, 5.41) is 9.87. The second-order valence-electron chi connectivity index (χ2n) is 5.93. The molecule has 0 radical (unpaired) electrons. The number of hydrogen-bond acceptors (Lipinski definition) is 6. The highest BCUT2D eigenvalue weighted by Gasteiger charge is 2.23. The number of esters is 1. The van der Waals surface area contributed by atoms with Gasteiger partial charge in [0, 0.05) is 11.4 Å². The number of pyridine rings is 1. The summed E-state index contributed by atoms with van der Waals surface area (Å²) in [5.74, 6) is -0.475. The summed E-state index contributed by atoms with van der Waals surface area (Å²) in [5.41, 5.74) is 4.11. The molecule has 0 fully saturated rings. The molecule has 0 bridgehead atoms. The number of ether oxygens (including phenoxy) is 1. The van der Waals surface area contributed by atoms with E-state index in [1.54, 1.807) is 20.8 Å². The smallest absolute Gasteiger partial charge is 0.340 e. The Morgan fingerprint density at radius 1 is 1.31 bits per heavy atom. The van der Waals surface area contributed by atoms with Gasteiger partial charge in [-0.2, -0.15) is 5.26 Å². The first kappa shape index (κ1) is 19.7. The molecular weight excluding hydrogens is 350 g/mol. The second kappa shape index (κ2) is 8.19. The predicted octanol–water partition coefficient (Wildman–Crippen LogP) is 3.67. The van der Waals surface area contributed by atoms with E-state index in [2.05, 4.69) is 16.0 Å². The Labute approximate surface area is 157 Å². The van der Waals surface area contributed by atoms with E-state index in [-0.39, 0.29) is 18.1 Å². The van der Waals surface area contributed by atoms with Crippen LogP contribution in [0.3, 0.4) is 0 Å². The van der Waals surface area contributed by atoms with Gasteiger partial charge in [0.05, 0.1) is 29.2 Å². The number of carbonyl (C=O) groups is 2. The molecule has 0 amide bonds. The van der Waals surface area contributed by atoms with E-state index in [9.17, 15) is 14.9 Å². The summed E-state index contributed by atoms with van der Waals surface area (Å²) in [6.07, 6.45) is 0. The molecule has 0 aliphatic carbocycles. The van der Waals surface area contributed by atoms with Crippen LogP contribution in [0.4, 0.5) is 0 Å². The first-order valence-electron chi connectivity index (χ1n) is 8.20. The summed E-state index contributed by atoms with van der Waals surface area (Å²) >= 11 is 1.23. The summed E-state index contributed by atoms with van der Waals surface area (Å²) in [6, 6.07) is 3.99. The molecular formula is C19H21N3O3S. The van der Waals surface area contributed by atoms with Crippen molar-refractivity contribution in [2.45, 2.75) is 39.6 Å². The van der Waals surface area contributed by atoms with Crippen LogP contribution in [0.5, 0.6) is 0 Å². The minimum absolute atomic E-state index is 0.119. The Morgan fingerprint density at radius 3 is 2.62 bits per heavy atom. The number of ketones is 1. The molecule has 1 N–H and O–H groups in total. The number of aromatic amines is 1. The van der Waals surface area contributed by atoms with E-state index >= 15 is 0 Å². The minimum atomic E-state index is -0.437. The van der Waals surface area contributed by atoms with Gasteiger partial charge in [-0.1, -0.05) is 11.8 Å². The molecule has 2 heterocycles. The van der Waals surface area contributed by atoms with Gasteiger partial charge in [-0.25, -0.2) is 9.78 Å². The molecule has 0 saturated heterocycles. The van der Waals surface area contributed by atoms with Crippen LogP contribution >= 0.6 is 11.8 Å². The number of nitrogens with zero attached hydrogens (tertiary/aromatic N) is 2. The molecule has 2 aromatic rings. The van der Waals surface area contributed by atoms with Gasteiger partial charge in [-0.05, 0) is 51.8 Å². The van der Waals surface area contributed by atoms with Crippen molar-refractivity contribution < 1.29 is 14.3 Å². The van der Waals surface area contributed by atoms with Crippen LogP contribution in [0.15, 0.2) is 11.1 Å². The van der Waals surface area contributed by atoms with Crippen LogP contribution < -0.4 is 0 Å². The number of rotatable bonds is 6. The van der Waals surface area contributed by atoms with Gasteiger partial charge in [0.1, 0.15) is 11.1 Å². The van der Waals surface area contributed by atoms with Gasteiger partial charge in [-0.15, -0.1) is 0 Å². The Morgan fingerprint density at radius 2 is 2.00 bits per heavy atom. The number of nitriles is 1. The molecule has 2 rings (SSSR count). The average molecular weight is 371 g/mol. The first-order chi connectivity index (χ1) is 12.3. The summed E-state index contributed by atoms with van der Waals surface area (Å²) in [6.45, 7) is 9.18. The molecule has 26 heavy (non-hydrogen) atoms. The molecule has 2 aromatic heterocycles. The lowest BCUT2D eigenvalue weighted by atomic mass is 10.1. The normalized spacial score (nSPS) is 10.5. The number of H-pyrrole nitrogens is 1. The number of hydrogen-bond donors (Lipinski definition) is 1. The van der Waals surface area contributed by atoms with Gasteiger partial charge >= 0.3 is 5.97 Å². The van der Waals surface area contributed by atoms with Gasteiger partial charge in [-0.3, -0.25) is 4.79 Å². The van der Waals surface area contributed by atoms with Crippen molar-refractivity contribution in [3.05, 3.63) is 45.4 Å². The maximum atomic E-state index is 12.6. The zero-order valence-electron chi connectivity index (χ0n) is 15.5. The largest absolute Gasteiger partial charge is 0.462 e. The van der Waals surface area contributed by atoms with Crippen LogP contribution in [0.2, 0.25) is 0 Å². The maximum Gasteiger partial charge on any atom is 0.340 e. The zero-order chi connectivity index (χ0) is 19.4. The molecule has 0 saturated carbocycles. The first-order valence-corrected chi connectivity index (χ1v) is 9.19. The third kappa shape index (κ3) is 3.97. The summed E-state index contributed by atoms with van der Waals surface area (Å²) in [7, 11) is 0. The van der Waals surface area contributed by atoms with E-state index in [0.29, 0.717) is 33.1 Å². The third-order valence-electron chi connectivity index (χ3n) is 3.96. The SMILES string of the molecule is CCOC(=O)c1c(C)[nH]c(C(=O)CSc2nc(C)cc(C)c2C#N)c1C. The lowest BCUT2D eigenvalue weighted by Crippen LogP contribution is -2.08. The maximum absolute atomic E-state index is 12.6. The van der Waals surface area contributed by atoms with Gasteiger partial charge < -0.3 is 9.72 Å². The number of aromatic nitrogens is 2. The number of nitrogens with one attached hydrogen (secondary N) is 1. The Hall–Kier alpha value is -2.59. The quantitative estimate of drug-likeness (QED) is 0.473. The van der Waals surface area contributed by atoms with Crippen LogP contribution in [-0.2, 0) is 4.74 Å². The van der Waals surface area contributed by atoms with Crippen molar-refractivity contribution in [3.63, 3.8) is 0 Å². The summed E-state index contributed by atoms with van der Waals surface area (Å²) < 4.78 is 5.05. The second-order valence-corrected chi connectivity index (χ2v) is 6.89. The Bertz CT molecular complexity index is 910.